The van der Waals surface area contributed by atoms with Crippen molar-refractivity contribution in [1.29, 1.82) is 0 Å². The maximum absolute atomic E-state index is 9.39. The van der Waals surface area contributed by atoms with Crippen LogP contribution in [-0.2, 0) is 0 Å². The number of hydrogen-bond acceptors (Lipinski definition) is 5. The van der Waals surface area contributed by atoms with Gasteiger partial charge in [-0.3, -0.25) is 0 Å². The quantitative estimate of drug-likeness (QED) is 0.635. The monoisotopic (exact) mass is 188 g/mol. The standard InChI is InChI=1S/C7H12N2O2S/c1-7(11,5-10)4-9-6-8-2-3-12-6/h2-3,10-11H,4-5H2,1H3,(H,8,9). The zero-order chi connectivity index (χ0) is 9.03. The first-order valence-electron chi connectivity index (χ1n) is 3.61. The van der Waals surface area contributed by atoms with Crippen LogP contribution < -0.4 is 5.32 Å². The van der Waals surface area contributed by atoms with Crippen LogP contribution in [0.3, 0.4) is 0 Å². The summed E-state index contributed by atoms with van der Waals surface area (Å²) in [6.07, 6.45) is 1.68. The third kappa shape index (κ3) is 2.77. The Labute approximate surface area is 74.9 Å². The molecule has 0 aliphatic carbocycles. The van der Waals surface area contributed by atoms with Crippen molar-refractivity contribution in [2.24, 2.45) is 0 Å². The van der Waals surface area contributed by atoms with Gasteiger partial charge in [-0.25, -0.2) is 4.98 Å². The van der Waals surface area contributed by atoms with Crippen LogP contribution in [0.25, 0.3) is 0 Å². The van der Waals surface area contributed by atoms with Crippen LogP contribution in [0.15, 0.2) is 11.6 Å². The molecular weight excluding hydrogens is 176 g/mol. The number of thiazole rings is 1. The molecule has 0 spiro atoms. The van der Waals surface area contributed by atoms with Gasteiger partial charge in [0, 0.05) is 18.1 Å². The van der Waals surface area contributed by atoms with Crippen LogP contribution in [0, 0.1) is 0 Å². The van der Waals surface area contributed by atoms with Gasteiger partial charge in [0.15, 0.2) is 5.13 Å². The van der Waals surface area contributed by atoms with E-state index in [0.29, 0.717) is 6.54 Å². The van der Waals surface area contributed by atoms with E-state index in [9.17, 15) is 5.11 Å². The summed E-state index contributed by atoms with van der Waals surface area (Å²) in [5.41, 5.74) is -1.08. The fraction of sp³-hybridized carbons (Fsp3) is 0.571. The Hall–Kier alpha value is -0.650. The maximum atomic E-state index is 9.39. The van der Waals surface area contributed by atoms with E-state index in [4.69, 9.17) is 5.11 Å². The van der Waals surface area contributed by atoms with Crippen molar-refractivity contribution in [1.82, 2.24) is 4.98 Å². The van der Waals surface area contributed by atoms with E-state index < -0.39 is 5.60 Å². The summed E-state index contributed by atoms with van der Waals surface area (Å²) < 4.78 is 0. The van der Waals surface area contributed by atoms with E-state index >= 15 is 0 Å². The number of anilines is 1. The minimum absolute atomic E-state index is 0.259. The van der Waals surface area contributed by atoms with Crippen LogP contribution in [0.4, 0.5) is 5.13 Å². The highest BCUT2D eigenvalue weighted by atomic mass is 32.1. The number of rotatable bonds is 4. The molecule has 3 N–H and O–H groups in total. The predicted octanol–water partition coefficient (Wildman–Crippen LogP) is 0.298. The van der Waals surface area contributed by atoms with Crippen molar-refractivity contribution in [3.8, 4) is 0 Å². The molecule has 1 aromatic rings. The molecule has 68 valence electrons. The summed E-state index contributed by atoms with van der Waals surface area (Å²) in [6.45, 7) is 1.61. The lowest BCUT2D eigenvalue weighted by Crippen LogP contribution is -2.37. The van der Waals surface area contributed by atoms with E-state index in [1.165, 1.54) is 11.3 Å². The van der Waals surface area contributed by atoms with Crippen molar-refractivity contribution < 1.29 is 10.2 Å². The number of aliphatic hydroxyl groups is 2. The van der Waals surface area contributed by atoms with Gasteiger partial charge in [0.2, 0.25) is 0 Å². The van der Waals surface area contributed by atoms with Gasteiger partial charge in [-0.1, -0.05) is 0 Å². The number of hydrogen-bond donors (Lipinski definition) is 3. The van der Waals surface area contributed by atoms with Crippen molar-refractivity contribution in [2.75, 3.05) is 18.5 Å². The highest BCUT2D eigenvalue weighted by Gasteiger charge is 2.18. The molecule has 0 aliphatic rings. The molecule has 1 heterocycles. The summed E-state index contributed by atoms with van der Waals surface area (Å²) in [6, 6.07) is 0. The lowest BCUT2D eigenvalue weighted by molar-refractivity contribution is 0.0132. The number of nitrogens with one attached hydrogen (secondary N) is 1. The van der Waals surface area contributed by atoms with Gasteiger partial charge in [-0.15, -0.1) is 11.3 Å². The molecule has 4 nitrogen and oxygen atoms in total. The topological polar surface area (TPSA) is 65.4 Å². The molecule has 1 aromatic heterocycles. The molecule has 0 amide bonds. The molecule has 1 rings (SSSR count). The minimum atomic E-state index is -1.08. The van der Waals surface area contributed by atoms with Gasteiger partial charge in [0.1, 0.15) is 5.60 Å². The Balaban J connectivity index is 2.36. The van der Waals surface area contributed by atoms with Crippen LogP contribution >= 0.6 is 11.3 Å². The Morgan fingerprint density at radius 2 is 2.50 bits per heavy atom. The van der Waals surface area contributed by atoms with Gasteiger partial charge in [-0.05, 0) is 6.92 Å². The summed E-state index contributed by atoms with van der Waals surface area (Å²) in [7, 11) is 0. The highest BCUT2D eigenvalue weighted by molar-refractivity contribution is 7.13. The van der Waals surface area contributed by atoms with Gasteiger partial charge in [0.05, 0.1) is 6.61 Å². The van der Waals surface area contributed by atoms with Crippen molar-refractivity contribution in [2.45, 2.75) is 12.5 Å². The van der Waals surface area contributed by atoms with E-state index in [2.05, 4.69) is 10.3 Å². The molecule has 0 saturated heterocycles. The maximum Gasteiger partial charge on any atom is 0.182 e. The second kappa shape index (κ2) is 3.84. The Kier molecular flexibility index (Phi) is 3.02. The zero-order valence-electron chi connectivity index (χ0n) is 6.82. The van der Waals surface area contributed by atoms with Gasteiger partial charge >= 0.3 is 0 Å². The van der Waals surface area contributed by atoms with Crippen LogP contribution in [0.1, 0.15) is 6.92 Å². The smallest absolute Gasteiger partial charge is 0.182 e. The average molecular weight is 188 g/mol. The van der Waals surface area contributed by atoms with E-state index in [1.54, 1.807) is 13.1 Å². The van der Waals surface area contributed by atoms with E-state index in [-0.39, 0.29) is 6.61 Å². The Morgan fingerprint density at radius 1 is 1.75 bits per heavy atom. The van der Waals surface area contributed by atoms with E-state index in [0.717, 1.165) is 5.13 Å². The first kappa shape index (κ1) is 9.44. The molecule has 0 saturated carbocycles. The Bertz CT molecular complexity index is 223. The molecule has 5 heteroatoms. The summed E-state index contributed by atoms with van der Waals surface area (Å²) in [5, 5.41) is 23.6. The number of nitrogens with zero attached hydrogens (tertiary/aromatic N) is 1. The molecule has 1 atom stereocenters. The summed E-state index contributed by atoms with van der Waals surface area (Å²) in [4.78, 5) is 3.97. The fourth-order valence-corrected chi connectivity index (χ4v) is 1.16. The van der Waals surface area contributed by atoms with Crippen LogP contribution in [-0.4, -0.2) is 33.9 Å². The van der Waals surface area contributed by atoms with Crippen molar-refractivity contribution >= 4 is 16.5 Å². The van der Waals surface area contributed by atoms with Crippen LogP contribution in [0.2, 0.25) is 0 Å². The molecule has 0 fully saturated rings. The first-order chi connectivity index (χ1) is 5.64. The summed E-state index contributed by atoms with van der Waals surface area (Å²) in [5.74, 6) is 0. The lowest BCUT2D eigenvalue weighted by Gasteiger charge is -2.19. The normalized spacial score (nSPS) is 15.6. The third-order valence-electron chi connectivity index (χ3n) is 1.39. The van der Waals surface area contributed by atoms with Gasteiger partial charge in [-0.2, -0.15) is 0 Å². The van der Waals surface area contributed by atoms with Gasteiger partial charge in [0.25, 0.3) is 0 Å². The third-order valence-corrected chi connectivity index (χ3v) is 2.12. The lowest BCUT2D eigenvalue weighted by atomic mass is 10.1. The predicted molar refractivity (Wildman–Crippen MR) is 48.3 cm³/mol. The SMILES string of the molecule is CC(O)(CO)CNc1nccs1. The summed E-state index contributed by atoms with van der Waals surface area (Å²) >= 11 is 1.46. The average Bonchev–Trinajstić information content (AvgIpc) is 2.53. The fourth-order valence-electron chi connectivity index (χ4n) is 0.633. The zero-order valence-corrected chi connectivity index (χ0v) is 7.64. The van der Waals surface area contributed by atoms with Crippen molar-refractivity contribution in [3.05, 3.63) is 11.6 Å². The molecule has 0 aromatic carbocycles. The molecule has 0 aliphatic heterocycles. The highest BCUT2D eigenvalue weighted by Crippen LogP contribution is 2.11. The second-order valence-electron chi connectivity index (χ2n) is 2.85. The number of aromatic nitrogens is 1. The molecule has 12 heavy (non-hydrogen) atoms. The van der Waals surface area contributed by atoms with Crippen molar-refractivity contribution in [3.63, 3.8) is 0 Å². The van der Waals surface area contributed by atoms with E-state index in [1.807, 2.05) is 5.38 Å². The molecule has 1 unspecified atom stereocenters. The molecule has 0 bridgehead atoms. The Morgan fingerprint density at radius 3 is 3.00 bits per heavy atom. The van der Waals surface area contributed by atoms with Gasteiger partial charge < -0.3 is 15.5 Å². The second-order valence-corrected chi connectivity index (χ2v) is 3.74. The largest absolute Gasteiger partial charge is 0.393 e. The molecule has 0 radical (unpaired) electrons. The molecular formula is C7H12N2O2S. The minimum Gasteiger partial charge on any atom is -0.393 e. The first-order valence-corrected chi connectivity index (χ1v) is 4.49. The number of aliphatic hydroxyl groups excluding tert-OH is 1. The van der Waals surface area contributed by atoms with Crippen LogP contribution in [0.5, 0.6) is 0 Å².